The van der Waals surface area contributed by atoms with Gasteiger partial charge in [0, 0.05) is 25.7 Å². The van der Waals surface area contributed by atoms with Gasteiger partial charge in [-0.1, -0.05) is 6.92 Å². The molecule has 0 spiro atoms. The lowest BCUT2D eigenvalue weighted by molar-refractivity contribution is -0.156. The molecule has 3 N–H and O–H groups in total. The van der Waals surface area contributed by atoms with Crippen LogP contribution in [-0.4, -0.2) is 58.9 Å². The average Bonchev–Trinajstić information content (AvgIpc) is 3.01. The number of nitrogens with zero attached hydrogens (tertiary/aromatic N) is 1. The third-order valence-corrected chi connectivity index (χ3v) is 2.98. The number of carboxylic acids is 1. The van der Waals surface area contributed by atoms with E-state index in [1.54, 1.807) is 0 Å². The maximum atomic E-state index is 10.6. The Kier molecular flexibility index (Phi) is 4.70. The molecule has 1 fully saturated rings. The number of hydrogen-bond acceptors (Lipinski definition) is 4. The Morgan fingerprint density at radius 1 is 1.56 bits per heavy atom. The molecule has 0 aliphatic heterocycles. The number of hydrogen-bond donors (Lipinski definition) is 3. The third kappa shape index (κ3) is 4.08. The molecule has 0 aromatic carbocycles. The van der Waals surface area contributed by atoms with Crippen molar-refractivity contribution >= 4 is 5.97 Å². The predicted octanol–water partition coefficient (Wildman–Crippen LogP) is -0.104. The van der Waals surface area contributed by atoms with Crippen molar-refractivity contribution in [3.8, 4) is 0 Å². The van der Waals surface area contributed by atoms with E-state index in [0.29, 0.717) is 6.54 Å². The van der Waals surface area contributed by atoms with E-state index < -0.39 is 11.6 Å². The molecule has 0 radical (unpaired) electrons. The molecule has 94 valence electrons. The number of rotatable bonds is 8. The van der Waals surface area contributed by atoms with Gasteiger partial charge in [-0.15, -0.1) is 0 Å². The zero-order valence-electron chi connectivity index (χ0n) is 10.1. The Morgan fingerprint density at radius 3 is 2.62 bits per heavy atom. The lowest BCUT2D eigenvalue weighted by atomic mass is 10.1. The summed E-state index contributed by atoms with van der Waals surface area (Å²) in [6.45, 7) is 6.18. The van der Waals surface area contributed by atoms with Crippen molar-refractivity contribution in [1.82, 2.24) is 10.2 Å². The minimum Gasteiger partial charge on any atom is -0.479 e. The number of aliphatic carboxylic acids is 1. The molecule has 1 saturated carbocycles. The van der Waals surface area contributed by atoms with E-state index in [1.807, 2.05) is 0 Å². The van der Waals surface area contributed by atoms with Crippen molar-refractivity contribution < 1.29 is 15.0 Å². The summed E-state index contributed by atoms with van der Waals surface area (Å²) in [5.41, 5.74) is -1.67. The smallest absolute Gasteiger partial charge is 0.336 e. The standard InChI is InChI=1S/C11H22N2O3/c1-3-13(9-4-5-9)7-6-12-8-11(2,16)10(14)15/h9,12,16H,3-8H2,1-2H3,(H,14,15). The van der Waals surface area contributed by atoms with Crippen molar-refractivity contribution in [2.45, 2.75) is 38.3 Å². The summed E-state index contributed by atoms with van der Waals surface area (Å²) in [5.74, 6) is -1.19. The van der Waals surface area contributed by atoms with Gasteiger partial charge in [0.1, 0.15) is 0 Å². The zero-order chi connectivity index (χ0) is 12.2. The SMILES string of the molecule is CCN(CCNCC(C)(O)C(=O)O)C1CC1. The van der Waals surface area contributed by atoms with E-state index in [2.05, 4.69) is 17.1 Å². The van der Waals surface area contributed by atoms with Gasteiger partial charge in [0.15, 0.2) is 5.60 Å². The van der Waals surface area contributed by atoms with Gasteiger partial charge in [0.25, 0.3) is 0 Å². The highest BCUT2D eigenvalue weighted by Crippen LogP contribution is 2.25. The number of likely N-dealkylation sites (N-methyl/N-ethyl adjacent to an activating group) is 1. The van der Waals surface area contributed by atoms with Crippen LogP contribution in [-0.2, 0) is 4.79 Å². The first kappa shape index (κ1) is 13.4. The maximum absolute atomic E-state index is 10.6. The molecule has 1 aliphatic carbocycles. The lowest BCUT2D eigenvalue weighted by Crippen LogP contribution is -2.46. The van der Waals surface area contributed by atoms with Gasteiger partial charge in [0.2, 0.25) is 0 Å². The van der Waals surface area contributed by atoms with Gasteiger partial charge in [-0.2, -0.15) is 0 Å². The van der Waals surface area contributed by atoms with Crippen molar-refractivity contribution in [1.29, 1.82) is 0 Å². The van der Waals surface area contributed by atoms with E-state index in [-0.39, 0.29) is 6.54 Å². The minimum atomic E-state index is -1.67. The molecule has 1 atom stereocenters. The van der Waals surface area contributed by atoms with Crippen LogP contribution in [0.2, 0.25) is 0 Å². The fraction of sp³-hybridized carbons (Fsp3) is 0.909. The van der Waals surface area contributed by atoms with Crippen LogP contribution in [0.3, 0.4) is 0 Å². The van der Waals surface area contributed by atoms with Crippen molar-refractivity contribution in [2.24, 2.45) is 0 Å². The summed E-state index contributed by atoms with van der Waals surface area (Å²) in [6, 6.07) is 0.729. The number of carbonyl (C=O) groups is 1. The summed E-state index contributed by atoms with van der Waals surface area (Å²) in [4.78, 5) is 13.0. The summed E-state index contributed by atoms with van der Waals surface area (Å²) >= 11 is 0. The molecule has 0 saturated heterocycles. The topological polar surface area (TPSA) is 72.8 Å². The molecule has 1 unspecified atom stereocenters. The van der Waals surface area contributed by atoms with Crippen LogP contribution in [0.1, 0.15) is 26.7 Å². The fourth-order valence-electron chi connectivity index (χ4n) is 1.67. The van der Waals surface area contributed by atoms with E-state index in [4.69, 9.17) is 5.11 Å². The molecule has 1 aliphatic rings. The van der Waals surface area contributed by atoms with Crippen LogP contribution in [0, 0.1) is 0 Å². The Balaban J connectivity index is 2.13. The van der Waals surface area contributed by atoms with E-state index in [0.717, 1.165) is 19.1 Å². The van der Waals surface area contributed by atoms with Gasteiger partial charge in [-0.3, -0.25) is 4.90 Å². The second-order valence-corrected chi connectivity index (χ2v) is 4.62. The molecule has 16 heavy (non-hydrogen) atoms. The number of aliphatic hydroxyl groups is 1. The molecule has 0 heterocycles. The quantitative estimate of drug-likeness (QED) is 0.508. The van der Waals surface area contributed by atoms with Crippen molar-refractivity contribution in [3.05, 3.63) is 0 Å². The molecule has 0 aromatic heterocycles. The Hall–Kier alpha value is -0.650. The summed E-state index contributed by atoms with van der Waals surface area (Å²) < 4.78 is 0. The highest BCUT2D eigenvalue weighted by molar-refractivity contribution is 5.76. The molecular weight excluding hydrogens is 208 g/mol. The number of nitrogens with one attached hydrogen (secondary N) is 1. The summed E-state index contributed by atoms with van der Waals surface area (Å²) in [5, 5.41) is 21.1. The highest BCUT2D eigenvalue weighted by Gasteiger charge is 2.30. The van der Waals surface area contributed by atoms with Crippen LogP contribution < -0.4 is 5.32 Å². The molecule has 0 aromatic rings. The predicted molar refractivity (Wildman–Crippen MR) is 61.4 cm³/mol. The van der Waals surface area contributed by atoms with Gasteiger partial charge in [0.05, 0.1) is 0 Å². The summed E-state index contributed by atoms with van der Waals surface area (Å²) in [7, 11) is 0. The Labute approximate surface area is 96.4 Å². The van der Waals surface area contributed by atoms with Gasteiger partial charge < -0.3 is 15.5 Å². The molecule has 5 heteroatoms. The first-order chi connectivity index (χ1) is 7.47. The Bertz CT molecular complexity index is 239. The van der Waals surface area contributed by atoms with Gasteiger partial charge >= 0.3 is 5.97 Å². The van der Waals surface area contributed by atoms with Crippen molar-refractivity contribution in [2.75, 3.05) is 26.2 Å². The van der Waals surface area contributed by atoms with Crippen LogP contribution in [0.5, 0.6) is 0 Å². The largest absolute Gasteiger partial charge is 0.479 e. The van der Waals surface area contributed by atoms with E-state index in [9.17, 15) is 9.90 Å². The average molecular weight is 230 g/mol. The van der Waals surface area contributed by atoms with Crippen LogP contribution in [0.4, 0.5) is 0 Å². The summed E-state index contributed by atoms with van der Waals surface area (Å²) in [6.07, 6.45) is 2.56. The third-order valence-electron chi connectivity index (χ3n) is 2.98. The van der Waals surface area contributed by atoms with Crippen LogP contribution >= 0.6 is 0 Å². The maximum Gasteiger partial charge on any atom is 0.336 e. The second-order valence-electron chi connectivity index (χ2n) is 4.62. The monoisotopic (exact) mass is 230 g/mol. The first-order valence-electron chi connectivity index (χ1n) is 5.88. The van der Waals surface area contributed by atoms with Crippen LogP contribution in [0.15, 0.2) is 0 Å². The second kappa shape index (κ2) is 5.61. The fourth-order valence-corrected chi connectivity index (χ4v) is 1.67. The normalized spacial score (nSPS) is 19.8. The van der Waals surface area contributed by atoms with Crippen LogP contribution in [0.25, 0.3) is 0 Å². The molecule has 1 rings (SSSR count). The lowest BCUT2D eigenvalue weighted by Gasteiger charge is -2.22. The van der Waals surface area contributed by atoms with Gasteiger partial charge in [-0.25, -0.2) is 4.79 Å². The first-order valence-corrected chi connectivity index (χ1v) is 5.88. The molecular formula is C11H22N2O3. The molecule has 0 amide bonds. The van der Waals surface area contributed by atoms with Gasteiger partial charge in [-0.05, 0) is 26.3 Å². The Morgan fingerprint density at radius 2 is 2.19 bits per heavy atom. The zero-order valence-corrected chi connectivity index (χ0v) is 10.1. The number of carboxylic acid groups (broad SMARTS) is 1. The van der Waals surface area contributed by atoms with Crippen molar-refractivity contribution in [3.63, 3.8) is 0 Å². The minimum absolute atomic E-state index is 0.0879. The molecule has 5 nitrogen and oxygen atoms in total. The van der Waals surface area contributed by atoms with E-state index >= 15 is 0 Å². The van der Waals surface area contributed by atoms with E-state index in [1.165, 1.54) is 19.8 Å². The molecule has 0 bridgehead atoms. The highest BCUT2D eigenvalue weighted by atomic mass is 16.4.